The molecule has 2 atom stereocenters. The molecule has 25 heavy (non-hydrogen) atoms. The van der Waals surface area contributed by atoms with Gasteiger partial charge in [-0.2, -0.15) is 0 Å². The standard InChI is InChI=1S/C16H18ClN3O3S2/c17-14-6-7-16(24-14)25(22,23)19-8-15(21)20-9-12(13(18)10-20)11-4-2-1-3-5-11/h1-7,12-13,19H,8-10,18H2/t12-,13+/m0/s1. The molecule has 2 heterocycles. The fourth-order valence-corrected chi connectivity index (χ4v) is 5.37. The molecule has 0 spiro atoms. The van der Waals surface area contributed by atoms with E-state index in [4.69, 9.17) is 17.3 Å². The summed E-state index contributed by atoms with van der Waals surface area (Å²) in [6, 6.07) is 12.5. The summed E-state index contributed by atoms with van der Waals surface area (Å²) in [6.45, 7) is 0.591. The largest absolute Gasteiger partial charge is 0.339 e. The van der Waals surface area contributed by atoms with Crippen molar-refractivity contribution in [2.24, 2.45) is 5.73 Å². The minimum atomic E-state index is -3.74. The number of carbonyl (C=O) groups is 1. The van der Waals surface area contributed by atoms with Crippen molar-refractivity contribution in [1.82, 2.24) is 9.62 Å². The van der Waals surface area contributed by atoms with Crippen molar-refractivity contribution >= 4 is 38.9 Å². The molecule has 1 aliphatic heterocycles. The second-order valence-corrected chi connectivity index (χ2v) is 9.57. The Morgan fingerprint density at radius 2 is 1.96 bits per heavy atom. The maximum atomic E-state index is 12.4. The Bertz CT molecular complexity index is 855. The predicted molar refractivity (Wildman–Crippen MR) is 98.3 cm³/mol. The van der Waals surface area contributed by atoms with Gasteiger partial charge in [0.2, 0.25) is 5.91 Å². The van der Waals surface area contributed by atoms with Gasteiger partial charge in [0.1, 0.15) is 4.21 Å². The second kappa shape index (κ2) is 7.43. The van der Waals surface area contributed by atoms with Crippen LogP contribution < -0.4 is 10.5 Å². The number of rotatable bonds is 5. The van der Waals surface area contributed by atoms with E-state index < -0.39 is 10.0 Å². The van der Waals surface area contributed by atoms with Gasteiger partial charge in [0.05, 0.1) is 10.9 Å². The lowest BCUT2D eigenvalue weighted by molar-refractivity contribution is -0.128. The van der Waals surface area contributed by atoms with Crippen molar-refractivity contribution in [2.75, 3.05) is 19.6 Å². The summed E-state index contributed by atoms with van der Waals surface area (Å²) in [7, 11) is -3.74. The van der Waals surface area contributed by atoms with Crippen molar-refractivity contribution in [3.63, 3.8) is 0 Å². The van der Waals surface area contributed by atoms with Gasteiger partial charge in [-0.1, -0.05) is 41.9 Å². The fraction of sp³-hybridized carbons (Fsp3) is 0.312. The van der Waals surface area contributed by atoms with E-state index in [1.54, 1.807) is 4.90 Å². The summed E-state index contributed by atoms with van der Waals surface area (Å²) in [5, 5.41) is 0. The van der Waals surface area contributed by atoms with E-state index in [0.717, 1.165) is 16.9 Å². The maximum Gasteiger partial charge on any atom is 0.250 e. The molecule has 1 amide bonds. The number of hydrogen-bond acceptors (Lipinski definition) is 5. The Kier molecular flexibility index (Phi) is 5.45. The first-order chi connectivity index (χ1) is 11.9. The highest BCUT2D eigenvalue weighted by Gasteiger charge is 2.34. The molecule has 134 valence electrons. The van der Waals surface area contributed by atoms with E-state index in [9.17, 15) is 13.2 Å². The van der Waals surface area contributed by atoms with Crippen LogP contribution in [0.2, 0.25) is 4.34 Å². The van der Waals surface area contributed by atoms with Crippen LogP contribution in [0, 0.1) is 0 Å². The molecule has 1 aromatic carbocycles. The number of nitrogens with one attached hydrogen (secondary N) is 1. The molecule has 0 unspecified atom stereocenters. The third kappa shape index (κ3) is 4.21. The van der Waals surface area contributed by atoms with Crippen LogP contribution in [-0.2, 0) is 14.8 Å². The van der Waals surface area contributed by atoms with Crippen molar-refractivity contribution < 1.29 is 13.2 Å². The van der Waals surface area contributed by atoms with Gasteiger partial charge in [-0.25, -0.2) is 13.1 Å². The molecule has 6 nitrogen and oxygen atoms in total. The molecule has 1 aromatic heterocycles. The Morgan fingerprint density at radius 3 is 2.60 bits per heavy atom. The molecule has 0 bridgehead atoms. The summed E-state index contributed by atoms with van der Waals surface area (Å²) in [6.07, 6.45) is 0. The molecule has 0 saturated carbocycles. The number of hydrogen-bond donors (Lipinski definition) is 2. The number of nitrogens with zero attached hydrogens (tertiary/aromatic N) is 1. The van der Waals surface area contributed by atoms with E-state index in [1.165, 1.54) is 12.1 Å². The second-order valence-electron chi connectivity index (χ2n) is 5.86. The van der Waals surface area contributed by atoms with E-state index in [0.29, 0.717) is 17.4 Å². The number of nitrogens with two attached hydrogens (primary N) is 1. The molecular weight excluding hydrogens is 382 g/mol. The van der Waals surface area contributed by atoms with Crippen molar-refractivity contribution in [3.05, 3.63) is 52.4 Å². The molecular formula is C16H18ClN3O3S2. The van der Waals surface area contributed by atoms with Crippen LogP contribution in [0.5, 0.6) is 0 Å². The molecule has 1 saturated heterocycles. The van der Waals surface area contributed by atoms with Crippen LogP contribution in [-0.4, -0.2) is 44.9 Å². The number of carbonyl (C=O) groups excluding carboxylic acids is 1. The topological polar surface area (TPSA) is 92.5 Å². The van der Waals surface area contributed by atoms with Crippen molar-refractivity contribution in [1.29, 1.82) is 0 Å². The first kappa shape index (κ1) is 18.3. The van der Waals surface area contributed by atoms with Crippen molar-refractivity contribution in [3.8, 4) is 0 Å². The zero-order chi connectivity index (χ0) is 18.0. The number of benzene rings is 1. The molecule has 3 N–H and O–H groups in total. The predicted octanol–water partition coefficient (Wildman–Crippen LogP) is 1.63. The van der Waals surface area contributed by atoms with Crippen LogP contribution in [0.4, 0.5) is 0 Å². The lowest BCUT2D eigenvalue weighted by atomic mass is 9.95. The molecule has 3 rings (SSSR count). The van der Waals surface area contributed by atoms with Crippen LogP contribution in [0.3, 0.4) is 0 Å². The van der Waals surface area contributed by atoms with Crippen LogP contribution >= 0.6 is 22.9 Å². The van der Waals surface area contributed by atoms with E-state index in [2.05, 4.69) is 4.72 Å². The van der Waals surface area contributed by atoms with Gasteiger partial charge >= 0.3 is 0 Å². The summed E-state index contributed by atoms with van der Waals surface area (Å²) in [5.74, 6) is -0.238. The first-order valence-corrected chi connectivity index (χ1v) is 10.4. The lowest BCUT2D eigenvalue weighted by Gasteiger charge is -2.16. The zero-order valence-electron chi connectivity index (χ0n) is 13.3. The average Bonchev–Trinajstić information content (AvgIpc) is 3.20. The molecule has 9 heteroatoms. The van der Waals surface area contributed by atoms with Crippen LogP contribution in [0.15, 0.2) is 46.7 Å². The molecule has 0 radical (unpaired) electrons. The van der Waals surface area contributed by atoms with Gasteiger partial charge in [0.15, 0.2) is 0 Å². The van der Waals surface area contributed by atoms with Crippen LogP contribution in [0.25, 0.3) is 0 Å². The molecule has 1 fully saturated rings. The minimum Gasteiger partial charge on any atom is -0.339 e. The smallest absolute Gasteiger partial charge is 0.250 e. The Morgan fingerprint density at radius 1 is 1.24 bits per heavy atom. The minimum absolute atomic E-state index is 0.0536. The van der Waals surface area contributed by atoms with E-state index in [1.807, 2.05) is 30.3 Å². The quantitative estimate of drug-likeness (QED) is 0.799. The molecule has 2 aromatic rings. The summed E-state index contributed by atoms with van der Waals surface area (Å²) >= 11 is 6.71. The SMILES string of the molecule is N[C@@H]1CN(C(=O)CNS(=O)(=O)c2ccc(Cl)s2)C[C@H]1c1ccccc1. The number of sulfonamides is 1. The van der Waals surface area contributed by atoms with Crippen LogP contribution in [0.1, 0.15) is 11.5 Å². The summed E-state index contributed by atoms with van der Waals surface area (Å²) in [5.41, 5.74) is 7.25. The maximum absolute atomic E-state index is 12.4. The molecule has 1 aliphatic rings. The van der Waals surface area contributed by atoms with E-state index in [-0.39, 0.29) is 28.6 Å². The normalized spacial score (nSPS) is 20.8. The zero-order valence-corrected chi connectivity index (χ0v) is 15.7. The number of thiophene rings is 1. The van der Waals surface area contributed by atoms with Gasteiger partial charge in [-0.15, -0.1) is 11.3 Å². The number of halogens is 1. The van der Waals surface area contributed by atoms with Gasteiger partial charge in [0.25, 0.3) is 10.0 Å². The summed E-state index contributed by atoms with van der Waals surface area (Å²) in [4.78, 5) is 14.0. The van der Waals surface area contributed by atoms with E-state index >= 15 is 0 Å². The van der Waals surface area contributed by atoms with Gasteiger partial charge < -0.3 is 10.6 Å². The first-order valence-electron chi connectivity index (χ1n) is 7.70. The van der Waals surface area contributed by atoms with Gasteiger partial charge in [-0.3, -0.25) is 4.79 Å². The van der Waals surface area contributed by atoms with Crippen molar-refractivity contribution in [2.45, 2.75) is 16.2 Å². The lowest BCUT2D eigenvalue weighted by Crippen LogP contribution is -2.39. The Balaban J connectivity index is 1.61. The fourth-order valence-electron chi connectivity index (χ4n) is 2.87. The third-order valence-electron chi connectivity index (χ3n) is 4.17. The Labute approximate surface area is 155 Å². The summed E-state index contributed by atoms with van der Waals surface area (Å²) < 4.78 is 27.1. The highest BCUT2D eigenvalue weighted by atomic mass is 35.5. The van der Waals surface area contributed by atoms with Gasteiger partial charge in [-0.05, 0) is 17.7 Å². The monoisotopic (exact) mass is 399 g/mol. The number of likely N-dealkylation sites (tertiary alicyclic amines) is 1. The molecule has 0 aliphatic carbocycles. The average molecular weight is 400 g/mol. The Hall–Kier alpha value is -1.45. The highest BCUT2D eigenvalue weighted by Crippen LogP contribution is 2.27. The van der Waals surface area contributed by atoms with Gasteiger partial charge in [0, 0.05) is 25.0 Å². The third-order valence-corrected chi connectivity index (χ3v) is 7.30. The number of amides is 1. The highest BCUT2D eigenvalue weighted by molar-refractivity contribution is 7.91.